The molecule has 27 heavy (non-hydrogen) atoms. The lowest BCUT2D eigenvalue weighted by atomic mass is 9.93. The Morgan fingerprint density at radius 2 is 2.04 bits per heavy atom. The molecule has 4 atom stereocenters. The minimum absolute atomic E-state index is 0.00782. The van der Waals surface area contributed by atoms with Crippen molar-refractivity contribution >= 4 is 11.3 Å². The molecule has 4 rings (SSSR count). The number of aromatic nitrogens is 3. The van der Waals surface area contributed by atoms with Crippen LogP contribution in [-0.2, 0) is 21.9 Å². The van der Waals surface area contributed by atoms with E-state index in [4.69, 9.17) is 15.2 Å². The first kappa shape index (κ1) is 17.9. The van der Waals surface area contributed by atoms with Crippen molar-refractivity contribution in [3.05, 3.63) is 60.0 Å². The minimum atomic E-state index is -1.62. The second-order valence-electron chi connectivity index (χ2n) is 7.00. The average molecular weight is 368 g/mol. The fourth-order valence-electron chi connectivity index (χ4n) is 3.87. The number of rotatable bonds is 5. The third kappa shape index (κ3) is 2.97. The summed E-state index contributed by atoms with van der Waals surface area (Å²) in [5, 5.41) is 15.8. The number of ether oxygens (including phenoxy) is 2. The molecule has 1 aromatic carbocycles. The van der Waals surface area contributed by atoms with Crippen molar-refractivity contribution < 1.29 is 14.6 Å². The van der Waals surface area contributed by atoms with E-state index in [0.717, 1.165) is 12.0 Å². The zero-order valence-corrected chi connectivity index (χ0v) is 15.4. The second-order valence-corrected chi connectivity index (χ2v) is 7.00. The largest absolute Gasteiger partial charge is 0.382 e. The summed E-state index contributed by atoms with van der Waals surface area (Å²) in [6, 6.07) is 13.4. The number of aliphatic hydroxyl groups is 1. The summed E-state index contributed by atoms with van der Waals surface area (Å²) in [6.45, 7) is 4.47. The average Bonchev–Trinajstić information content (AvgIpc) is 3.22. The van der Waals surface area contributed by atoms with Crippen molar-refractivity contribution in [3.63, 3.8) is 0 Å². The molecule has 1 aliphatic rings. The summed E-state index contributed by atoms with van der Waals surface area (Å²) < 4.78 is 13.9. The molecule has 2 aromatic heterocycles. The number of nitrogen functional groups attached to an aromatic ring is 1. The van der Waals surface area contributed by atoms with Crippen LogP contribution in [0.4, 0.5) is 5.82 Å². The van der Waals surface area contributed by atoms with E-state index in [0.29, 0.717) is 23.6 Å². The molecule has 3 N–H and O–H groups in total. The summed E-state index contributed by atoms with van der Waals surface area (Å²) in [6.07, 6.45) is 1.47. The van der Waals surface area contributed by atoms with Gasteiger partial charge in [0, 0.05) is 5.92 Å². The molecule has 7 heteroatoms. The van der Waals surface area contributed by atoms with Gasteiger partial charge >= 0.3 is 0 Å². The van der Waals surface area contributed by atoms with Gasteiger partial charge in [0.1, 0.15) is 23.6 Å². The van der Waals surface area contributed by atoms with E-state index in [1.54, 1.807) is 16.6 Å². The van der Waals surface area contributed by atoms with E-state index in [1.807, 2.05) is 44.2 Å². The van der Waals surface area contributed by atoms with Gasteiger partial charge in [0.2, 0.25) is 5.79 Å². The van der Waals surface area contributed by atoms with E-state index in [-0.39, 0.29) is 12.0 Å². The van der Waals surface area contributed by atoms with Gasteiger partial charge in [0.25, 0.3) is 0 Å². The lowest BCUT2D eigenvalue weighted by Crippen LogP contribution is -2.41. The molecular weight excluding hydrogens is 344 g/mol. The summed E-state index contributed by atoms with van der Waals surface area (Å²) >= 11 is 0. The van der Waals surface area contributed by atoms with Crippen LogP contribution in [0.3, 0.4) is 0 Å². The zero-order valence-electron chi connectivity index (χ0n) is 15.4. The first-order valence-electron chi connectivity index (χ1n) is 9.19. The maximum atomic E-state index is 11.6. The molecule has 0 bridgehead atoms. The lowest BCUT2D eigenvalue weighted by molar-refractivity contribution is -0.251. The van der Waals surface area contributed by atoms with Crippen molar-refractivity contribution in [1.29, 1.82) is 0 Å². The van der Waals surface area contributed by atoms with Crippen LogP contribution in [0.15, 0.2) is 48.8 Å². The molecule has 0 amide bonds. The molecule has 0 radical (unpaired) electrons. The number of anilines is 1. The van der Waals surface area contributed by atoms with E-state index >= 15 is 0 Å². The van der Waals surface area contributed by atoms with Crippen molar-refractivity contribution in [2.45, 2.75) is 44.9 Å². The van der Waals surface area contributed by atoms with Gasteiger partial charge < -0.3 is 20.3 Å². The summed E-state index contributed by atoms with van der Waals surface area (Å²) in [5.41, 5.74) is 8.09. The highest BCUT2D eigenvalue weighted by Crippen LogP contribution is 2.44. The van der Waals surface area contributed by atoms with Crippen molar-refractivity contribution in [2.75, 3.05) is 5.73 Å². The number of nitrogens with zero attached hydrogens (tertiary/aromatic N) is 3. The summed E-state index contributed by atoms with van der Waals surface area (Å²) in [5.74, 6) is -1.27. The third-order valence-electron chi connectivity index (χ3n) is 5.30. The highest BCUT2D eigenvalue weighted by Gasteiger charge is 2.55. The molecule has 1 aliphatic heterocycles. The molecule has 0 spiro atoms. The number of hydrogen-bond donors (Lipinski definition) is 2. The Morgan fingerprint density at radius 1 is 1.26 bits per heavy atom. The molecule has 1 unspecified atom stereocenters. The van der Waals surface area contributed by atoms with Crippen LogP contribution in [0.2, 0.25) is 0 Å². The Bertz CT molecular complexity index is 929. The van der Waals surface area contributed by atoms with Crippen LogP contribution in [0, 0.1) is 5.92 Å². The smallest absolute Gasteiger partial charge is 0.237 e. The summed E-state index contributed by atoms with van der Waals surface area (Å²) in [7, 11) is 0. The van der Waals surface area contributed by atoms with Crippen LogP contribution in [-0.4, -0.2) is 31.9 Å². The maximum absolute atomic E-state index is 11.6. The lowest BCUT2D eigenvalue weighted by Gasteiger charge is -2.29. The van der Waals surface area contributed by atoms with Crippen LogP contribution in [0.5, 0.6) is 0 Å². The van der Waals surface area contributed by atoms with Gasteiger partial charge in [-0.3, -0.25) is 0 Å². The van der Waals surface area contributed by atoms with Gasteiger partial charge in [-0.05, 0) is 24.1 Å². The van der Waals surface area contributed by atoms with Crippen LogP contribution >= 0.6 is 0 Å². The van der Waals surface area contributed by atoms with Gasteiger partial charge in [0.15, 0.2) is 5.82 Å². The van der Waals surface area contributed by atoms with Crippen LogP contribution in [0.25, 0.3) is 5.52 Å². The van der Waals surface area contributed by atoms with E-state index < -0.39 is 11.9 Å². The van der Waals surface area contributed by atoms with E-state index in [1.165, 1.54) is 6.33 Å². The van der Waals surface area contributed by atoms with Gasteiger partial charge in [-0.2, -0.15) is 5.10 Å². The summed E-state index contributed by atoms with van der Waals surface area (Å²) in [4.78, 5) is 4.00. The van der Waals surface area contributed by atoms with Crippen molar-refractivity contribution in [1.82, 2.24) is 14.6 Å². The normalized spacial score (nSPS) is 28.0. The van der Waals surface area contributed by atoms with E-state index in [2.05, 4.69) is 10.1 Å². The van der Waals surface area contributed by atoms with Crippen molar-refractivity contribution in [3.8, 4) is 0 Å². The molecule has 142 valence electrons. The zero-order chi connectivity index (χ0) is 19.0. The Hall–Kier alpha value is -2.48. The van der Waals surface area contributed by atoms with E-state index in [9.17, 15) is 5.11 Å². The fourth-order valence-corrected chi connectivity index (χ4v) is 3.87. The van der Waals surface area contributed by atoms with Crippen molar-refractivity contribution in [2.24, 2.45) is 5.92 Å². The number of nitrogens with two attached hydrogens (primary N) is 1. The first-order valence-corrected chi connectivity index (χ1v) is 9.19. The molecule has 1 saturated heterocycles. The number of fused-ring (bicyclic) bond motifs is 1. The topological polar surface area (TPSA) is 94.9 Å². The quantitative estimate of drug-likeness (QED) is 0.718. The highest BCUT2D eigenvalue weighted by molar-refractivity contribution is 5.65. The van der Waals surface area contributed by atoms with Crippen LogP contribution < -0.4 is 5.73 Å². The first-order chi connectivity index (χ1) is 13.0. The predicted octanol–water partition coefficient (Wildman–Crippen LogP) is 2.49. The Morgan fingerprint density at radius 3 is 2.78 bits per heavy atom. The number of benzene rings is 1. The van der Waals surface area contributed by atoms with Gasteiger partial charge in [-0.25, -0.2) is 9.50 Å². The standard InChI is InChI=1S/C20H24N4O3/c1-3-16-13(2)18(26-11-14-7-5-4-6-8-14)20(25,27-16)17-10-9-15-19(21)22-12-23-24(15)17/h4-10,12-13,16,18,25H,3,11H2,1-2H3,(H2,21,22,23)/t13-,16-,18-,20?/m1/s1. The minimum Gasteiger partial charge on any atom is -0.382 e. The second kappa shape index (κ2) is 6.92. The maximum Gasteiger partial charge on any atom is 0.237 e. The number of hydrogen-bond acceptors (Lipinski definition) is 6. The molecule has 1 fully saturated rings. The molecule has 3 aromatic rings. The molecule has 0 aliphatic carbocycles. The Balaban J connectivity index is 1.71. The SMILES string of the molecule is CC[C@H]1OC(O)(c2ccc3c(N)ncnn23)[C@H](OCc2ccccc2)[C@@H]1C. The fraction of sp³-hybridized carbons (Fsp3) is 0.400. The van der Waals surface area contributed by atoms with Gasteiger partial charge in [0.05, 0.1) is 12.7 Å². The van der Waals surface area contributed by atoms with Gasteiger partial charge in [-0.1, -0.05) is 44.2 Å². The Labute approximate surface area is 157 Å². The predicted molar refractivity (Wildman–Crippen MR) is 101 cm³/mol. The molecule has 0 saturated carbocycles. The van der Waals surface area contributed by atoms with Gasteiger partial charge in [-0.15, -0.1) is 0 Å². The molecular formula is C20H24N4O3. The van der Waals surface area contributed by atoms with Crippen LogP contribution in [0.1, 0.15) is 31.5 Å². The molecule has 7 nitrogen and oxygen atoms in total. The highest BCUT2D eigenvalue weighted by atomic mass is 16.7. The Kier molecular flexibility index (Phi) is 4.59. The third-order valence-corrected chi connectivity index (χ3v) is 5.30. The monoisotopic (exact) mass is 368 g/mol. The molecule has 3 heterocycles.